The van der Waals surface area contributed by atoms with Crippen molar-refractivity contribution in [2.24, 2.45) is 0 Å². The fourth-order valence-corrected chi connectivity index (χ4v) is 3.89. The van der Waals surface area contributed by atoms with Crippen molar-refractivity contribution in [3.05, 3.63) is 63.5 Å². The van der Waals surface area contributed by atoms with Crippen LogP contribution < -0.4 is 0 Å². The summed E-state index contributed by atoms with van der Waals surface area (Å²) < 4.78 is 1.87. The molecule has 0 N–H and O–H groups in total. The number of nitrogens with zero attached hydrogens (tertiary/aromatic N) is 3. The third-order valence-electron chi connectivity index (χ3n) is 3.23. The van der Waals surface area contributed by atoms with Gasteiger partial charge in [0.1, 0.15) is 0 Å². The first-order valence-corrected chi connectivity index (χ1v) is 9.04. The molecule has 118 valence electrons. The molecular weight excluding hydrogens is 350 g/mol. The molecule has 3 heterocycles. The highest BCUT2D eigenvalue weighted by atomic mass is 35.5. The van der Waals surface area contributed by atoms with Crippen molar-refractivity contribution < 1.29 is 4.79 Å². The Kier molecular flexibility index (Phi) is 4.95. The number of rotatable bonds is 6. The number of halogens is 1. The third kappa shape index (κ3) is 3.55. The van der Waals surface area contributed by atoms with E-state index in [0.29, 0.717) is 23.9 Å². The standard InChI is InChI=1S/C16H14ClN3OS2/c1-2-7-19(11-12-4-3-9-22-12)14(21)6-5-13-15(17)18-16-20(13)8-10-23-16/h2-6,8-10H,1,7,11H2/b6-5-. The van der Waals surface area contributed by atoms with Gasteiger partial charge in [0.2, 0.25) is 5.91 Å². The summed E-state index contributed by atoms with van der Waals surface area (Å²) >= 11 is 9.26. The van der Waals surface area contributed by atoms with E-state index in [1.807, 2.05) is 33.5 Å². The highest BCUT2D eigenvalue weighted by molar-refractivity contribution is 7.15. The van der Waals surface area contributed by atoms with E-state index in [4.69, 9.17) is 11.6 Å². The number of fused-ring (bicyclic) bond motifs is 1. The second-order valence-electron chi connectivity index (χ2n) is 4.76. The number of imidazole rings is 1. The summed E-state index contributed by atoms with van der Waals surface area (Å²) in [5, 5.41) is 4.33. The normalized spacial score (nSPS) is 11.3. The number of carbonyl (C=O) groups excluding carboxylic acids is 1. The van der Waals surface area contributed by atoms with E-state index in [2.05, 4.69) is 11.6 Å². The quantitative estimate of drug-likeness (QED) is 0.482. The van der Waals surface area contributed by atoms with Crippen LogP contribution in [0.15, 0.2) is 47.8 Å². The molecule has 0 bridgehead atoms. The summed E-state index contributed by atoms with van der Waals surface area (Å²) in [6.45, 7) is 4.79. The number of carbonyl (C=O) groups is 1. The molecule has 0 aliphatic carbocycles. The lowest BCUT2D eigenvalue weighted by Crippen LogP contribution is -2.28. The van der Waals surface area contributed by atoms with Crippen LogP contribution in [0.4, 0.5) is 0 Å². The van der Waals surface area contributed by atoms with E-state index >= 15 is 0 Å². The Morgan fingerprint density at radius 2 is 2.30 bits per heavy atom. The zero-order chi connectivity index (χ0) is 16.2. The monoisotopic (exact) mass is 363 g/mol. The van der Waals surface area contributed by atoms with Crippen molar-refractivity contribution in [3.8, 4) is 0 Å². The molecule has 0 aromatic carbocycles. The first-order valence-electron chi connectivity index (χ1n) is 6.90. The van der Waals surface area contributed by atoms with Crippen LogP contribution in [-0.4, -0.2) is 26.7 Å². The van der Waals surface area contributed by atoms with Gasteiger partial charge in [-0.2, -0.15) is 0 Å². The maximum Gasteiger partial charge on any atom is 0.247 e. The van der Waals surface area contributed by atoms with Gasteiger partial charge in [-0.05, 0) is 17.5 Å². The van der Waals surface area contributed by atoms with Gasteiger partial charge < -0.3 is 4.90 Å². The molecule has 7 heteroatoms. The molecule has 0 atom stereocenters. The fraction of sp³-hybridized carbons (Fsp3) is 0.125. The van der Waals surface area contributed by atoms with E-state index in [1.54, 1.807) is 28.4 Å². The van der Waals surface area contributed by atoms with E-state index in [9.17, 15) is 4.79 Å². The van der Waals surface area contributed by atoms with Gasteiger partial charge in [0.05, 0.1) is 12.2 Å². The summed E-state index contributed by atoms with van der Waals surface area (Å²) in [7, 11) is 0. The molecule has 0 saturated heterocycles. The largest absolute Gasteiger partial charge is 0.330 e. The number of amides is 1. The zero-order valence-electron chi connectivity index (χ0n) is 12.2. The van der Waals surface area contributed by atoms with Crippen LogP contribution in [0.1, 0.15) is 10.6 Å². The minimum Gasteiger partial charge on any atom is -0.330 e. The lowest BCUT2D eigenvalue weighted by Gasteiger charge is -2.18. The van der Waals surface area contributed by atoms with Crippen molar-refractivity contribution in [2.45, 2.75) is 6.54 Å². The van der Waals surface area contributed by atoms with E-state index in [-0.39, 0.29) is 5.91 Å². The molecule has 23 heavy (non-hydrogen) atoms. The van der Waals surface area contributed by atoms with Gasteiger partial charge >= 0.3 is 0 Å². The smallest absolute Gasteiger partial charge is 0.247 e. The summed E-state index contributed by atoms with van der Waals surface area (Å²) in [4.78, 5) is 20.4. The Labute approximate surface area is 147 Å². The molecule has 0 aliphatic rings. The van der Waals surface area contributed by atoms with Crippen molar-refractivity contribution in [1.82, 2.24) is 14.3 Å². The van der Waals surface area contributed by atoms with Gasteiger partial charge in [-0.25, -0.2) is 4.98 Å². The van der Waals surface area contributed by atoms with Crippen LogP contribution in [0.3, 0.4) is 0 Å². The van der Waals surface area contributed by atoms with Crippen molar-refractivity contribution in [1.29, 1.82) is 0 Å². The van der Waals surface area contributed by atoms with Crippen molar-refractivity contribution >= 4 is 51.2 Å². The number of hydrogen-bond acceptors (Lipinski definition) is 4. The zero-order valence-corrected chi connectivity index (χ0v) is 14.6. The minimum atomic E-state index is -0.0838. The number of hydrogen-bond donors (Lipinski definition) is 0. The average molecular weight is 364 g/mol. The summed E-state index contributed by atoms with van der Waals surface area (Å²) in [6.07, 6.45) is 6.85. The second kappa shape index (κ2) is 7.12. The topological polar surface area (TPSA) is 37.6 Å². The SMILES string of the molecule is C=CCN(Cc1cccs1)C(=O)/C=C\c1c(Cl)nc2sccn12. The Morgan fingerprint density at radius 3 is 3.04 bits per heavy atom. The maximum absolute atomic E-state index is 12.5. The van der Waals surface area contributed by atoms with Gasteiger partial charge in [-0.1, -0.05) is 23.7 Å². The average Bonchev–Trinajstić information content (AvgIpc) is 3.23. The molecule has 0 radical (unpaired) electrons. The molecule has 3 aromatic heterocycles. The summed E-state index contributed by atoms with van der Waals surface area (Å²) in [5.74, 6) is -0.0838. The van der Waals surface area contributed by atoms with Crippen LogP contribution in [-0.2, 0) is 11.3 Å². The third-order valence-corrected chi connectivity index (χ3v) is 5.12. The molecule has 0 aliphatic heterocycles. The number of thiazole rings is 1. The van der Waals surface area contributed by atoms with Gasteiger partial charge in [0, 0.05) is 29.1 Å². The minimum absolute atomic E-state index is 0.0838. The van der Waals surface area contributed by atoms with E-state index in [0.717, 1.165) is 9.84 Å². The predicted octanol–water partition coefficient (Wildman–Crippen LogP) is 4.34. The Morgan fingerprint density at radius 1 is 1.43 bits per heavy atom. The molecule has 0 saturated carbocycles. The molecule has 3 aromatic rings. The first-order chi connectivity index (χ1) is 11.2. The van der Waals surface area contributed by atoms with Gasteiger partial charge in [-0.3, -0.25) is 9.20 Å². The predicted molar refractivity (Wildman–Crippen MR) is 97.0 cm³/mol. The van der Waals surface area contributed by atoms with Crippen molar-refractivity contribution in [2.75, 3.05) is 6.54 Å². The van der Waals surface area contributed by atoms with Crippen LogP contribution in [0.2, 0.25) is 5.15 Å². The number of thiophene rings is 1. The van der Waals surface area contributed by atoms with Crippen LogP contribution in [0.25, 0.3) is 11.0 Å². The van der Waals surface area contributed by atoms with Crippen LogP contribution in [0, 0.1) is 0 Å². The lowest BCUT2D eigenvalue weighted by atomic mass is 10.3. The molecule has 0 fully saturated rings. The molecule has 1 amide bonds. The summed E-state index contributed by atoms with van der Waals surface area (Å²) in [6, 6.07) is 3.99. The Bertz CT molecular complexity index is 848. The lowest BCUT2D eigenvalue weighted by molar-refractivity contribution is -0.126. The Balaban J connectivity index is 1.79. The highest BCUT2D eigenvalue weighted by Gasteiger charge is 2.12. The summed E-state index contributed by atoms with van der Waals surface area (Å²) in [5.41, 5.74) is 0.714. The van der Waals surface area contributed by atoms with Gasteiger partial charge in [0.25, 0.3) is 0 Å². The number of aromatic nitrogens is 2. The molecule has 0 unspecified atom stereocenters. The molecule has 3 rings (SSSR count). The maximum atomic E-state index is 12.5. The Hall–Kier alpha value is -1.89. The van der Waals surface area contributed by atoms with Gasteiger partial charge in [-0.15, -0.1) is 29.3 Å². The molecular formula is C16H14ClN3OS2. The van der Waals surface area contributed by atoms with Crippen LogP contribution >= 0.6 is 34.3 Å². The van der Waals surface area contributed by atoms with E-state index < -0.39 is 0 Å². The molecule has 4 nitrogen and oxygen atoms in total. The van der Waals surface area contributed by atoms with Crippen LogP contribution in [0.5, 0.6) is 0 Å². The fourth-order valence-electron chi connectivity index (χ4n) is 2.16. The van der Waals surface area contributed by atoms with Crippen molar-refractivity contribution in [3.63, 3.8) is 0 Å². The highest BCUT2D eigenvalue weighted by Crippen LogP contribution is 2.22. The second-order valence-corrected chi connectivity index (χ2v) is 7.03. The molecule has 0 spiro atoms. The first kappa shape index (κ1) is 16.0. The van der Waals surface area contributed by atoms with E-state index in [1.165, 1.54) is 17.4 Å². The van der Waals surface area contributed by atoms with Gasteiger partial charge in [0.15, 0.2) is 10.1 Å².